The second kappa shape index (κ2) is 9.75. The summed E-state index contributed by atoms with van der Waals surface area (Å²) in [6.45, 7) is 5.72. The van der Waals surface area contributed by atoms with E-state index in [0.717, 1.165) is 0 Å². The van der Waals surface area contributed by atoms with Crippen molar-refractivity contribution < 1.29 is 17.7 Å². The van der Waals surface area contributed by atoms with Crippen LogP contribution in [-0.4, -0.2) is 60.6 Å². The van der Waals surface area contributed by atoms with E-state index in [1.807, 2.05) is 13.8 Å². The molecule has 0 saturated carbocycles. The quantitative estimate of drug-likeness (QED) is 0.306. The minimum atomic E-state index is -3.29. The molecule has 0 rings (SSSR count). The van der Waals surface area contributed by atoms with Crippen LogP contribution in [0.15, 0.2) is 0 Å². The molecule has 0 aromatic carbocycles. The lowest BCUT2D eigenvalue weighted by atomic mass is 10.1. The Kier molecular flexibility index (Phi) is 9.69. The SMILES string of the molecule is CC(C)(N)CO[Si](OCCN)(OCCN)OCCN. The van der Waals surface area contributed by atoms with Crippen LogP contribution < -0.4 is 22.9 Å². The van der Waals surface area contributed by atoms with Crippen LogP contribution in [-0.2, 0) is 17.7 Å². The zero-order chi connectivity index (χ0) is 14.8. The molecule has 0 aliphatic heterocycles. The summed E-state index contributed by atoms with van der Waals surface area (Å²) in [7, 11) is -3.29. The van der Waals surface area contributed by atoms with E-state index in [1.54, 1.807) is 0 Å². The van der Waals surface area contributed by atoms with E-state index >= 15 is 0 Å². The third-order valence-electron chi connectivity index (χ3n) is 1.81. The lowest BCUT2D eigenvalue weighted by Gasteiger charge is -2.30. The van der Waals surface area contributed by atoms with Crippen LogP contribution in [0, 0.1) is 0 Å². The molecule has 0 saturated heterocycles. The van der Waals surface area contributed by atoms with Crippen molar-refractivity contribution in [3.05, 3.63) is 0 Å². The highest BCUT2D eigenvalue weighted by Gasteiger charge is 2.46. The molecule has 0 radical (unpaired) electrons. The minimum absolute atomic E-state index is 0.235. The highest BCUT2D eigenvalue weighted by molar-refractivity contribution is 6.53. The Labute approximate surface area is 116 Å². The van der Waals surface area contributed by atoms with Crippen LogP contribution >= 0.6 is 0 Å². The molecule has 9 heteroatoms. The van der Waals surface area contributed by atoms with E-state index in [-0.39, 0.29) is 26.4 Å². The van der Waals surface area contributed by atoms with Gasteiger partial charge in [0.1, 0.15) is 0 Å². The molecule has 0 heterocycles. The van der Waals surface area contributed by atoms with Crippen LogP contribution in [0.5, 0.6) is 0 Å². The first-order valence-corrected chi connectivity index (χ1v) is 7.97. The van der Waals surface area contributed by atoms with E-state index in [9.17, 15) is 0 Å². The molecule has 0 fully saturated rings. The first kappa shape index (κ1) is 18.9. The van der Waals surface area contributed by atoms with Gasteiger partial charge in [-0.15, -0.1) is 0 Å². The first-order chi connectivity index (χ1) is 8.89. The molecule has 116 valence electrons. The Bertz CT molecular complexity index is 206. The Hall–Kier alpha value is -0.103. The van der Waals surface area contributed by atoms with E-state index in [0.29, 0.717) is 19.6 Å². The van der Waals surface area contributed by atoms with Gasteiger partial charge in [0.15, 0.2) is 0 Å². The first-order valence-electron chi connectivity index (χ1n) is 6.34. The van der Waals surface area contributed by atoms with E-state index < -0.39 is 14.6 Å². The van der Waals surface area contributed by atoms with Gasteiger partial charge in [0.05, 0.1) is 26.4 Å². The van der Waals surface area contributed by atoms with Crippen molar-refractivity contribution >= 4 is 9.05 Å². The van der Waals surface area contributed by atoms with Gasteiger partial charge in [0, 0.05) is 25.2 Å². The third-order valence-corrected chi connectivity index (χ3v) is 3.98. The molecule has 8 nitrogen and oxygen atoms in total. The Morgan fingerprint density at radius 3 is 1.42 bits per heavy atom. The van der Waals surface area contributed by atoms with Gasteiger partial charge in [-0.25, -0.2) is 0 Å². The second-order valence-electron chi connectivity index (χ2n) is 4.69. The average Bonchev–Trinajstić information content (AvgIpc) is 2.36. The molecule has 0 aromatic rings. The monoisotopic (exact) mass is 296 g/mol. The molecule has 0 aromatic heterocycles. The fraction of sp³-hybridized carbons (Fsp3) is 1.00. The second-order valence-corrected chi connectivity index (χ2v) is 6.84. The molecule has 0 unspecified atom stereocenters. The van der Waals surface area contributed by atoms with Crippen molar-refractivity contribution in [3.63, 3.8) is 0 Å². The fourth-order valence-electron chi connectivity index (χ4n) is 1.08. The predicted molar refractivity (Wildman–Crippen MR) is 75.0 cm³/mol. The standard InChI is InChI=1S/C10H28N4O4Si/c1-10(2,14)9-18-19(15-6-3-11,16-7-4-12)17-8-5-13/h3-9,11-14H2,1-2H3. The van der Waals surface area contributed by atoms with Crippen molar-refractivity contribution in [2.45, 2.75) is 19.4 Å². The van der Waals surface area contributed by atoms with Gasteiger partial charge >= 0.3 is 9.05 Å². The number of hydrogen-bond acceptors (Lipinski definition) is 8. The number of hydrogen-bond donors (Lipinski definition) is 4. The molecule has 0 aliphatic carbocycles. The van der Waals surface area contributed by atoms with Crippen molar-refractivity contribution in [3.8, 4) is 0 Å². The van der Waals surface area contributed by atoms with Gasteiger partial charge in [-0.2, -0.15) is 0 Å². The minimum Gasteiger partial charge on any atom is -0.350 e. The van der Waals surface area contributed by atoms with Gasteiger partial charge in [0.25, 0.3) is 0 Å². The molecular weight excluding hydrogens is 268 g/mol. The fourth-order valence-corrected chi connectivity index (χ4v) is 3.23. The van der Waals surface area contributed by atoms with Crippen LogP contribution in [0.4, 0.5) is 0 Å². The smallest absolute Gasteiger partial charge is 0.350 e. The van der Waals surface area contributed by atoms with Gasteiger partial charge in [-0.3, -0.25) is 0 Å². The highest BCUT2D eigenvalue weighted by Crippen LogP contribution is 2.14. The average molecular weight is 296 g/mol. The maximum absolute atomic E-state index is 5.89. The van der Waals surface area contributed by atoms with Crippen LogP contribution in [0.1, 0.15) is 13.8 Å². The molecule has 0 amide bonds. The summed E-state index contributed by atoms with van der Waals surface area (Å²) in [5, 5.41) is 0. The van der Waals surface area contributed by atoms with Crippen LogP contribution in [0.25, 0.3) is 0 Å². The lowest BCUT2D eigenvalue weighted by Crippen LogP contribution is -2.54. The summed E-state index contributed by atoms with van der Waals surface area (Å²) in [6.07, 6.45) is 0. The maximum atomic E-state index is 5.89. The zero-order valence-corrected chi connectivity index (χ0v) is 12.9. The van der Waals surface area contributed by atoms with Gasteiger partial charge < -0.3 is 40.6 Å². The summed E-state index contributed by atoms with van der Waals surface area (Å²) in [5.74, 6) is 0. The summed E-state index contributed by atoms with van der Waals surface area (Å²) in [4.78, 5) is 0. The van der Waals surface area contributed by atoms with E-state index in [2.05, 4.69) is 0 Å². The topological polar surface area (TPSA) is 141 Å². The molecule has 8 N–H and O–H groups in total. The van der Waals surface area contributed by atoms with E-state index in [4.69, 9.17) is 40.6 Å². The summed E-state index contributed by atoms with van der Waals surface area (Å²) < 4.78 is 22.4. The highest BCUT2D eigenvalue weighted by atomic mass is 28.4. The number of rotatable bonds is 12. The van der Waals surface area contributed by atoms with Crippen molar-refractivity contribution in [2.24, 2.45) is 22.9 Å². The van der Waals surface area contributed by atoms with Crippen molar-refractivity contribution in [2.75, 3.05) is 46.1 Å². The molecule has 19 heavy (non-hydrogen) atoms. The normalized spacial score (nSPS) is 12.9. The van der Waals surface area contributed by atoms with Crippen LogP contribution in [0.2, 0.25) is 0 Å². The van der Waals surface area contributed by atoms with Gasteiger partial charge in [-0.1, -0.05) is 0 Å². The molecule has 0 spiro atoms. The summed E-state index contributed by atoms with van der Waals surface area (Å²) >= 11 is 0. The number of nitrogens with two attached hydrogens (primary N) is 4. The molecular formula is C10H28N4O4Si. The van der Waals surface area contributed by atoms with Gasteiger partial charge in [-0.05, 0) is 13.8 Å². The summed E-state index contributed by atoms with van der Waals surface area (Å²) in [5.41, 5.74) is 21.7. The predicted octanol–water partition coefficient (Wildman–Crippen LogP) is -1.90. The van der Waals surface area contributed by atoms with Crippen LogP contribution in [0.3, 0.4) is 0 Å². The molecule has 0 bridgehead atoms. The maximum Gasteiger partial charge on any atom is 0.679 e. The third kappa shape index (κ3) is 9.43. The zero-order valence-electron chi connectivity index (χ0n) is 11.9. The lowest BCUT2D eigenvalue weighted by molar-refractivity contribution is -0.0378. The Balaban J connectivity index is 4.66. The van der Waals surface area contributed by atoms with Gasteiger partial charge in [0.2, 0.25) is 0 Å². The Morgan fingerprint density at radius 1 is 0.789 bits per heavy atom. The largest absolute Gasteiger partial charge is 0.679 e. The summed E-state index contributed by atoms with van der Waals surface area (Å²) in [6, 6.07) is 0. The molecule has 0 atom stereocenters. The molecule has 0 aliphatic rings. The van der Waals surface area contributed by atoms with Crippen molar-refractivity contribution in [1.82, 2.24) is 0 Å². The Morgan fingerprint density at radius 2 is 1.16 bits per heavy atom. The van der Waals surface area contributed by atoms with Crippen molar-refractivity contribution in [1.29, 1.82) is 0 Å². The van der Waals surface area contributed by atoms with E-state index in [1.165, 1.54) is 0 Å².